The second kappa shape index (κ2) is 6.11. The van der Waals surface area contributed by atoms with Crippen LogP contribution in [0, 0.1) is 11.8 Å². The van der Waals surface area contributed by atoms with Crippen LogP contribution in [0.4, 0.5) is 13.2 Å². The van der Waals surface area contributed by atoms with Crippen molar-refractivity contribution in [2.75, 3.05) is 13.1 Å². The molecule has 7 heteroatoms. The molecule has 1 aliphatic carbocycles. The Morgan fingerprint density at radius 1 is 1.25 bits per heavy atom. The quantitative estimate of drug-likeness (QED) is 0.777. The highest BCUT2D eigenvalue weighted by Crippen LogP contribution is 2.35. The third-order valence-corrected chi connectivity index (χ3v) is 4.90. The van der Waals surface area contributed by atoms with Crippen molar-refractivity contribution in [3.05, 3.63) is 45.9 Å². The molecule has 1 saturated heterocycles. The van der Waals surface area contributed by atoms with Crippen molar-refractivity contribution >= 4 is 5.91 Å². The number of hydrogen-bond donors (Lipinski definition) is 0. The van der Waals surface area contributed by atoms with Gasteiger partial charge in [0.2, 0.25) is 5.91 Å². The fraction of sp³-hybridized carbons (Fsp3) is 0.529. The molecule has 0 bridgehead atoms. The first-order valence-electron chi connectivity index (χ1n) is 7.95. The van der Waals surface area contributed by atoms with E-state index in [0.29, 0.717) is 24.9 Å². The van der Waals surface area contributed by atoms with Crippen LogP contribution in [0.3, 0.4) is 0 Å². The monoisotopic (exact) mass is 340 g/mol. The average Bonchev–Trinajstić information content (AvgIpc) is 2.91. The first-order chi connectivity index (χ1) is 11.2. The van der Waals surface area contributed by atoms with Crippen molar-refractivity contribution in [2.24, 2.45) is 11.8 Å². The van der Waals surface area contributed by atoms with Gasteiger partial charge in [0.25, 0.3) is 5.56 Å². The van der Waals surface area contributed by atoms with E-state index >= 15 is 0 Å². The van der Waals surface area contributed by atoms with Gasteiger partial charge in [-0.05, 0) is 37.7 Å². The van der Waals surface area contributed by atoms with Gasteiger partial charge in [-0.15, -0.1) is 0 Å². The lowest BCUT2D eigenvalue weighted by molar-refractivity contribution is -0.138. The summed E-state index contributed by atoms with van der Waals surface area (Å²) in [6.07, 6.45) is 0.257. The molecule has 24 heavy (non-hydrogen) atoms. The van der Waals surface area contributed by atoms with Gasteiger partial charge in [-0.25, -0.2) is 0 Å². The molecule has 1 aromatic rings. The second-order valence-corrected chi connectivity index (χ2v) is 6.69. The van der Waals surface area contributed by atoms with Crippen LogP contribution in [0.15, 0.2) is 34.8 Å². The summed E-state index contributed by atoms with van der Waals surface area (Å²) in [4.78, 5) is 25.9. The summed E-state index contributed by atoms with van der Waals surface area (Å²) in [5.41, 5.74) is -0.213. The fourth-order valence-corrected chi connectivity index (χ4v) is 3.56. The van der Waals surface area contributed by atoms with Crippen LogP contribution in [0.1, 0.15) is 25.3 Å². The zero-order valence-corrected chi connectivity index (χ0v) is 13.3. The molecule has 130 valence electrons. The number of rotatable bonds is 2. The van der Waals surface area contributed by atoms with Gasteiger partial charge < -0.3 is 9.47 Å². The molecule has 2 heterocycles. The van der Waals surface area contributed by atoms with Crippen molar-refractivity contribution in [1.29, 1.82) is 0 Å². The molecule has 0 unspecified atom stereocenters. The third kappa shape index (κ3) is 3.39. The highest BCUT2D eigenvalue weighted by Gasteiger charge is 2.36. The summed E-state index contributed by atoms with van der Waals surface area (Å²) in [6.45, 7) is 2.95. The number of nitrogens with zero attached hydrogens (tertiary/aromatic N) is 2. The first-order valence-corrected chi connectivity index (χ1v) is 7.95. The van der Waals surface area contributed by atoms with E-state index in [1.54, 1.807) is 4.90 Å². The maximum absolute atomic E-state index is 12.8. The lowest BCUT2D eigenvalue weighted by atomic mass is 9.83. The molecule has 2 atom stereocenters. The number of aromatic nitrogens is 1. The maximum Gasteiger partial charge on any atom is 0.417 e. The number of hydrogen-bond acceptors (Lipinski definition) is 2. The molecule has 0 N–H and O–H groups in total. The van der Waals surface area contributed by atoms with E-state index in [-0.39, 0.29) is 12.5 Å². The van der Waals surface area contributed by atoms with E-state index in [4.69, 9.17) is 0 Å². The molecular weight excluding hydrogens is 321 g/mol. The Kier molecular flexibility index (Phi) is 4.27. The van der Waals surface area contributed by atoms with Crippen LogP contribution in [0.25, 0.3) is 0 Å². The van der Waals surface area contributed by atoms with E-state index < -0.39 is 17.3 Å². The normalized spacial score (nSPS) is 23.8. The van der Waals surface area contributed by atoms with Crippen LogP contribution >= 0.6 is 0 Å². The molecule has 1 aliphatic heterocycles. The maximum atomic E-state index is 12.8. The van der Waals surface area contributed by atoms with Crippen molar-refractivity contribution in [3.8, 4) is 0 Å². The molecule has 3 rings (SSSR count). The summed E-state index contributed by atoms with van der Waals surface area (Å²) in [5.74, 6) is 0.525. The predicted octanol–water partition coefficient (Wildman–Crippen LogP) is 2.68. The van der Waals surface area contributed by atoms with Gasteiger partial charge in [-0.3, -0.25) is 9.59 Å². The van der Waals surface area contributed by atoms with E-state index in [1.807, 2.05) is 0 Å². The van der Waals surface area contributed by atoms with Crippen LogP contribution in [-0.4, -0.2) is 28.5 Å². The number of pyridine rings is 1. The standard InChI is InChI=1S/C17H19F3N2O2/c1-11-2-3-12-7-21(8-13(12)6-11)16(24)10-22-9-14(17(18,19)20)4-5-15(22)23/h2,4-5,9,12-13H,3,6-8,10H2,1H3/t12-,13+/m1/s1. The van der Waals surface area contributed by atoms with Gasteiger partial charge >= 0.3 is 6.18 Å². The number of halogens is 3. The van der Waals surface area contributed by atoms with E-state index in [2.05, 4.69) is 13.0 Å². The molecule has 0 saturated carbocycles. The lowest BCUT2D eigenvalue weighted by Crippen LogP contribution is -2.35. The zero-order chi connectivity index (χ0) is 17.5. The van der Waals surface area contributed by atoms with Crippen LogP contribution in [0.5, 0.6) is 0 Å². The number of amides is 1. The molecule has 1 amide bonds. The topological polar surface area (TPSA) is 42.3 Å². The Balaban J connectivity index is 1.71. The Labute approximate surface area is 137 Å². The van der Waals surface area contributed by atoms with E-state index in [0.717, 1.165) is 35.7 Å². The van der Waals surface area contributed by atoms with Crippen LogP contribution < -0.4 is 5.56 Å². The molecule has 0 spiro atoms. The van der Waals surface area contributed by atoms with Gasteiger partial charge in [0.05, 0.1) is 5.56 Å². The molecule has 0 radical (unpaired) electrons. The summed E-state index contributed by atoms with van der Waals surface area (Å²) < 4.78 is 39.1. The molecule has 0 aromatic carbocycles. The Morgan fingerprint density at radius 3 is 2.67 bits per heavy atom. The second-order valence-electron chi connectivity index (χ2n) is 6.69. The van der Waals surface area contributed by atoms with E-state index in [9.17, 15) is 22.8 Å². The van der Waals surface area contributed by atoms with Gasteiger partial charge in [0.1, 0.15) is 6.54 Å². The van der Waals surface area contributed by atoms with Crippen molar-refractivity contribution in [2.45, 2.75) is 32.5 Å². The Hall–Kier alpha value is -2.05. The first kappa shape index (κ1) is 16.8. The minimum atomic E-state index is -4.54. The van der Waals surface area contributed by atoms with Crippen LogP contribution in [-0.2, 0) is 17.5 Å². The predicted molar refractivity (Wildman–Crippen MR) is 82.3 cm³/mol. The van der Waals surface area contributed by atoms with Gasteiger partial charge in [0.15, 0.2) is 0 Å². The smallest absolute Gasteiger partial charge is 0.341 e. The molecule has 1 fully saturated rings. The summed E-state index contributed by atoms with van der Waals surface area (Å²) in [6, 6.07) is 1.59. The summed E-state index contributed by atoms with van der Waals surface area (Å²) >= 11 is 0. The number of likely N-dealkylation sites (tertiary alicyclic amines) is 1. The lowest BCUT2D eigenvalue weighted by Gasteiger charge is -2.21. The highest BCUT2D eigenvalue weighted by atomic mass is 19.4. The molecule has 2 aliphatic rings. The third-order valence-electron chi connectivity index (χ3n) is 4.90. The highest BCUT2D eigenvalue weighted by molar-refractivity contribution is 5.76. The fourth-order valence-electron chi connectivity index (χ4n) is 3.56. The van der Waals surface area contributed by atoms with E-state index in [1.165, 1.54) is 5.57 Å². The number of carbonyl (C=O) groups excluding carboxylic acids is 1. The van der Waals surface area contributed by atoms with Gasteiger partial charge in [-0.1, -0.05) is 11.6 Å². The van der Waals surface area contributed by atoms with Gasteiger partial charge in [-0.2, -0.15) is 13.2 Å². The minimum absolute atomic E-state index is 0.302. The number of allylic oxidation sites excluding steroid dienone is 2. The Morgan fingerprint density at radius 2 is 1.96 bits per heavy atom. The number of fused-ring (bicyclic) bond motifs is 1. The molecule has 4 nitrogen and oxygen atoms in total. The Bertz CT molecular complexity index is 736. The van der Waals surface area contributed by atoms with Crippen molar-refractivity contribution in [1.82, 2.24) is 9.47 Å². The zero-order valence-electron chi connectivity index (χ0n) is 13.3. The molecule has 1 aromatic heterocycles. The van der Waals surface area contributed by atoms with Gasteiger partial charge in [0, 0.05) is 25.4 Å². The minimum Gasteiger partial charge on any atom is -0.341 e. The summed E-state index contributed by atoms with van der Waals surface area (Å²) in [5, 5.41) is 0. The average molecular weight is 340 g/mol. The number of alkyl halides is 3. The summed E-state index contributed by atoms with van der Waals surface area (Å²) in [7, 11) is 0. The van der Waals surface area contributed by atoms with Crippen molar-refractivity contribution < 1.29 is 18.0 Å². The SMILES string of the molecule is CC1=CC[C@@H]2CN(C(=O)Cn3cc(C(F)(F)F)ccc3=O)C[C@@H]2C1. The largest absolute Gasteiger partial charge is 0.417 e. The number of carbonyl (C=O) groups is 1. The van der Waals surface area contributed by atoms with Crippen molar-refractivity contribution in [3.63, 3.8) is 0 Å². The molecular formula is C17H19F3N2O2. The van der Waals surface area contributed by atoms with Crippen LogP contribution in [0.2, 0.25) is 0 Å².